The normalized spacial score (nSPS) is 12.4. The zero-order chi connectivity index (χ0) is 15.7. The van der Waals surface area contributed by atoms with Crippen molar-refractivity contribution in [3.05, 3.63) is 35.6 Å². The van der Waals surface area contributed by atoms with Crippen LogP contribution in [0.3, 0.4) is 0 Å². The number of likely N-dealkylation sites (N-methyl/N-ethyl adjacent to an activating group) is 1. The van der Waals surface area contributed by atoms with E-state index < -0.39 is 0 Å². The molecule has 1 unspecified atom stereocenters. The third-order valence-electron chi connectivity index (χ3n) is 3.53. The van der Waals surface area contributed by atoms with Crippen molar-refractivity contribution >= 4 is 5.91 Å². The van der Waals surface area contributed by atoms with E-state index in [2.05, 4.69) is 5.32 Å². The van der Waals surface area contributed by atoms with Gasteiger partial charge in [0.1, 0.15) is 5.82 Å². The Bertz CT molecular complexity index is 423. The molecule has 4 nitrogen and oxygen atoms in total. The molecule has 5 heteroatoms. The first-order valence-electron chi connectivity index (χ1n) is 7.26. The molecule has 0 spiro atoms. The Balaban J connectivity index is 2.27. The predicted octanol–water partition coefficient (Wildman–Crippen LogP) is 1.84. The van der Waals surface area contributed by atoms with Crippen molar-refractivity contribution in [1.29, 1.82) is 0 Å². The van der Waals surface area contributed by atoms with Crippen molar-refractivity contribution in [2.24, 2.45) is 0 Å². The van der Waals surface area contributed by atoms with Crippen LogP contribution in [0.4, 0.5) is 4.39 Å². The fraction of sp³-hybridized carbons (Fsp3) is 0.562. The third kappa shape index (κ3) is 6.69. The molecule has 21 heavy (non-hydrogen) atoms. The summed E-state index contributed by atoms with van der Waals surface area (Å²) < 4.78 is 17.8. The molecule has 0 radical (unpaired) electrons. The van der Waals surface area contributed by atoms with Crippen LogP contribution in [-0.4, -0.2) is 50.7 Å². The first-order valence-corrected chi connectivity index (χ1v) is 7.26. The molecule has 0 aliphatic heterocycles. The van der Waals surface area contributed by atoms with Gasteiger partial charge in [0.25, 0.3) is 0 Å². The van der Waals surface area contributed by atoms with Crippen LogP contribution in [0.25, 0.3) is 0 Å². The largest absolute Gasteiger partial charge is 0.385 e. The minimum Gasteiger partial charge on any atom is -0.385 e. The summed E-state index contributed by atoms with van der Waals surface area (Å²) in [5.41, 5.74) is 1.01. The van der Waals surface area contributed by atoms with Crippen molar-refractivity contribution in [2.75, 3.05) is 33.9 Å². The molecule has 1 aromatic rings. The lowest BCUT2D eigenvalue weighted by Crippen LogP contribution is -2.44. The van der Waals surface area contributed by atoms with E-state index in [1.165, 1.54) is 12.1 Å². The minimum absolute atomic E-state index is 0.0111. The Kier molecular flexibility index (Phi) is 7.93. The smallest absolute Gasteiger partial charge is 0.237 e. The Morgan fingerprint density at radius 1 is 1.38 bits per heavy atom. The standard InChI is InChI=1S/C16H25FN2O2/c1-13(19(2)11-4-12-21-3)16(20)18-10-9-14-5-7-15(17)8-6-14/h5-8,13H,4,9-12H2,1-3H3,(H,18,20). The monoisotopic (exact) mass is 296 g/mol. The number of hydrogen-bond acceptors (Lipinski definition) is 3. The van der Waals surface area contributed by atoms with Crippen LogP contribution < -0.4 is 5.32 Å². The van der Waals surface area contributed by atoms with Gasteiger partial charge in [0.15, 0.2) is 0 Å². The highest BCUT2D eigenvalue weighted by molar-refractivity contribution is 5.81. The summed E-state index contributed by atoms with van der Waals surface area (Å²) in [7, 11) is 3.60. The molecule has 0 saturated heterocycles. The highest BCUT2D eigenvalue weighted by Gasteiger charge is 2.16. The molecule has 0 saturated carbocycles. The molecular weight excluding hydrogens is 271 g/mol. The first-order chi connectivity index (χ1) is 10.0. The van der Waals surface area contributed by atoms with Gasteiger partial charge in [-0.05, 0) is 44.5 Å². The van der Waals surface area contributed by atoms with E-state index >= 15 is 0 Å². The lowest BCUT2D eigenvalue weighted by molar-refractivity contribution is -0.125. The third-order valence-corrected chi connectivity index (χ3v) is 3.53. The minimum atomic E-state index is -0.242. The van der Waals surface area contributed by atoms with Crippen LogP contribution in [0.1, 0.15) is 18.9 Å². The molecule has 0 aliphatic carbocycles. The number of amides is 1. The zero-order valence-corrected chi connectivity index (χ0v) is 13.1. The van der Waals surface area contributed by atoms with E-state index in [0.29, 0.717) is 19.6 Å². The molecule has 1 amide bonds. The van der Waals surface area contributed by atoms with Crippen LogP contribution in [0, 0.1) is 5.82 Å². The topological polar surface area (TPSA) is 41.6 Å². The van der Waals surface area contributed by atoms with Gasteiger partial charge in [-0.15, -0.1) is 0 Å². The predicted molar refractivity (Wildman–Crippen MR) is 81.7 cm³/mol. The summed E-state index contributed by atoms with van der Waals surface area (Å²) in [6.45, 7) is 3.96. The Morgan fingerprint density at radius 3 is 2.67 bits per heavy atom. The second-order valence-corrected chi connectivity index (χ2v) is 5.17. The second-order valence-electron chi connectivity index (χ2n) is 5.17. The fourth-order valence-corrected chi connectivity index (χ4v) is 1.98. The van der Waals surface area contributed by atoms with E-state index in [9.17, 15) is 9.18 Å². The van der Waals surface area contributed by atoms with Gasteiger partial charge in [0, 0.05) is 26.8 Å². The lowest BCUT2D eigenvalue weighted by Gasteiger charge is -2.23. The van der Waals surface area contributed by atoms with E-state index in [0.717, 1.165) is 18.5 Å². The molecule has 1 N–H and O–H groups in total. The number of halogens is 1. The summed E-state index contributed by atoms with van der Waals surface area (Å²) >= 11 is 0. The van der Waals surface area contributed by atoms with Crippen molar-refractivity contribution in [2.45, 2.75) is 25.8 Å². The summed E-state index contributed by atoms with van der Waals surface area (Å²) in [5.74, 6) is -0.230. The Morgan fingerprint density at radius 2 is 2.05 bits per heavy atom. The van der Waals surface area contributed by atoms with Gasteiger partial charge >= 0.3 is 0 Å². The van der Waals surface area contributed by atoms with Gasteiger partial charge < -0.3 is 10.1 Å². The number of carbonyl (C=O) groups is 1. The second kappa shape index (κ2) is 9.47. The first kappa shape index (κ1) is 17.6. The number of nitrogens with zero attached hydrogens (tertiary/aromatic N) is 1. The molecule has 1 rings (SSSR count). The molecule has 0 bridgehead atoms. The van der Waals surface area contributed by atoms with Gasteiger partial charge in [-0.2, -0.15) is 0 Å². The molecular formula is C16H25FN2O2. The van der Waals surface area contributed by atoms with E-state index in [4.69, 9.17) is 4.74 Å². The molecule has 0 aromatic heterocycles. The van der Waals surface area contributed by atoms with Gasteiger partial charge in [-0.1, -0.05) is 12.1 Å². The van der Waals surface area contributed by atoms with Crippen molar-refractivity contribution < 1.29 is 13.9 Å². The SMILES string of the molecule is COCCCN(C)C(C)C(=O)NCCc1ccc(F)cc1. The number of nitrogens with one attached hydrogen (secondary N) is 1. The quantitative estimate of drug-likeness (QED) is 0.707. The molecule has 0 fully saturated rings. The lowest BCUT2D eigenvalue weighted by atomic mass is 10.1. The number of methoxy groups -OCH3 is 1. The van der Waals surface area contributed by atoms with Gasteiger partial charge in [0.2, 0.25) is 5.91 Å². The average Bonchev–Trinajstić information content (AvgIpc) is 2.48. The summed E-state index contributed by atoms with van der Waals surface area (Å²) in [6, 6.07) is 6.17. The maximum absolute atomic E-state index is 12.8. The molecule has 1 atom stereocenters. The molecule has 1 aromatic carbocycles. The maximum Gasteiger partial charge on any atom is 0.237 e. The summed E-state index contributed by atoms with van der Waals surface area (Å²) in [5, 5.41) is 2.91. The molecule has 118 valence electrons. The van der Waals surface area contributed by atoms with E-state index in [1.807, 2.05) is 18.9 Å². The maximum atomic E-state index is 12.8. The van der Waals surface area contributed by atoms with E-state index in [1.54, 1.807) is 19.2 Å². The van der Waals surface area contributed by atoms with Gasteiger partial charge in [0.05, 0.1) is 6.04 Å². The number of rotatable bonds is 9. The number of ether oxygens (including phenoxy) is 1. The van der Waals surface area contributed by atoms with Crippen molar-refractivity contribution in [3.63, 3.8) is 0 Å². The summed E-state index contributed by atoms with van der Waals surface area (Å²) in [4.78, 5) is 14.0. The fourth-order valence-electron chi connectivity index (χ4n) is 1.98. The highest BCUT2D eigenvalue weighted by Crippen LogP contribution is 2.03. The van der Waals surface area contributed by atoms with Gasteiger partial charge in [-0.25, -0.2) is 4.39 Å². The Labute approximate surface area is 126 Å². The van der Waals surface area contributed by atoms with Crippen LogP contribution in [-0.2, 0) is 16.0 Å². The summed E-state index contributed by atoms with van der Waals surface area (Å²) in [6.07, 6.45) is 1.60. The Hall–Kier alpha value is -1.46. The van der Waals surface area contributed by atoms with Crippen LogP contribution in [0.15, 0.2) is 24.3 Å². The average molecular weight is 296 g/mol. The van der Waals surface area contributed by atoms with Crippen LogP contribution >= 0.6 is 0 Å². The van der Waals surface area contributed by atoms with Crippen molar-refractivity contribution in [3.8, 4) is 0 Å². The highest BCUT2D eigenvalue weighted by atomic mass is 19.1. The van der Waals surface area contributed by atoms with Crippen LogP contribution in [0.2, 0.25) is 0 Å². The van der Waals surface area contributed by atoms with Crippen LogP contribution in [0.5, 0.6) is 0 Å². The van der Waals surface area contributed by atoms with E-state index in [-0.39, 0.29) is 17.8 Å². The number of hydrogen-bond donors (Lipinski definition) is 1. The molecule has 0 aliphatic rings. The number of benzene rings is 1. The van der Waals surface area contributed by atoms with Crippen molar-refractivity contribution in [1.82, 2.24) is 10.2 Å². The number of carbonyl (C=O) groups excluding carboxylic acids is 1. The molecule has 0 heterocycles. The zero-order valence-electron chi connectivity index (χ0n) is 13.1. The van der Waals surface area contributed by atoms with Gasteiger partial charge in [-0.3, -0.25) is 9.69 Å².